The lowest BCUT2D eigenvalue weighted by Crippen LogP contribution is -1.97. The number of aryl methyl sites for hydroxylation is 1. The van der Waals surface area contributed by atoms with Crippen LogP contribution in [-0.4, -0.2) is 24.2 Å². The lowest BCUT2D eigenvalue weighted by molar-refractivity contribution is 0.186. The quantitative estimate of drug-likeness (QED) is 0.641. The number of hydrogen-bond donors (Lipinski definition) is 2. The highest BCUT2D eigenvalue weighted by Gasteiger charge is 2.06. The molecule has 1 aromatic rings. The van der Waals surface area contributed by atoms with Crippen molar-refractivity contribution in [2.24, 2.45) is 0 Å². The van der Waals surface area contributed by atoms with E-state index in [2.05, 4.69) is 19.9 Å². The van der Waals surface area contributed by atoms with Gasteiger partial charge >= 0.3 is 0 Å². The van der Waals surface area contributed by atoms with Crippen LogP contribution in [0.15, 0.2) is 40.8 Å². The van der Waals surface area contributed by atoms with Gasteiger partial charge in [-0.05, 0) is 52.2 Å². The highest BCUT2D eigenvalue weighted by molar-refractivity contribution is 7.85. The lowest BCUT2D eigenvalue weighted by atomic mass is 10.1. The number of aliphatic hydroxyl groups is 1. The molecule has 0 heterocycles. The molecule has 1 atom stereocenters. The highest BCUT2D eigenvalue weighted by Crippen LogP contribution is 2.08. The van der Waals surface area contributed by atoms with Gasteiger partial charge in [0.05, 0.1) is 11.0 Å². The van der Waals surface area contributed by atoms with E-state index in [0.717, 1.165) is 24.8 Å². The third kappa shape index (κ3) is 10.2. The molecule has 0 radical (unpaired) electrons. The Morgan fingerprint density at radius 2 is 1.81 bits per heavy atom. The molecule has 0 aromatic heterocycles. The molecule has 1 unspecified atom stereocenters. The van der Waals surface area contributed by atoms with E-state index in [1.165, 1.54) is 17.7 Å². The second-order valence-electron chi connectivity index (χ2n) is 5.12. The summed E-state index contributed by atoms with van der Waals surface area (Å²) in [6, 6.07) is 5.99. The zero-order chi connectivity index (χ0) is 16.5. The summed E-state index contributed by atoms with van der Waals surface area (Å²) < 4.78 is 29.6. The van der Waals surface area contributed by atoms with Crippen LogP contribution in [0.3, 0.4) is 0 Å². The van der Waals surface area contributed by atoms with Crippen molar-refractivity contribution in [3.63, 3.8) is 0 Å². The van der Waals surface area contributed by atoms with Crippen LogP contribution in [0.2, 0.25) is 0 Å². The number of benzene rings is 1. The molecule has 0 aliphatic carbocycles. The van der Waals surface area contributed by atoms with Crippen molar-refractivity contribution in [3.05, 3.63) is 41.5 Å². The third-order valence-corrected chi connectivity index (χ3v) is 3.82. The Bertz CT molecular complexity index is 528. The Labute approximate surface area is 128 Å². The molecule has 0 fully saturated rings. The fourth-order valence-electron chi connectivity index (χ4n) is 1.43. The number of hydrogen-bond acceptors (Lipinski definition) is 3. The fourth-order valence-corrected chi connectivity index (χ4v) is 1.91. The van der Waals surface area contributed by atoms with E-state index in [4.69, 9.17) is 9.66 Å². The summed E-state index contributed by atoms with van der Waals surface area (Å²) in [5.41, 5.74) is 2.37. The summed E-state index contributed by atoms with van der Waals surface area (Å²) in [6.45, 7) is 7.94. The van der Waals surface area contributed by atoms with Crippen molar-refractivity contribution in [1.29, 1.82) is 0 Å². The zero-order valence-electron chi connectivity index (χ0n) is 13.2. The van der Waals surface area contributed by atoms with E-state index < -0.39 is 10.1 Å². The van der Waals surface area contributed by atoms with Gasteiger partial charge in [-0.1, -0.05) is 36.3 Å². The fraction of sp³-hybridized carbons (Fsp3) is 0.500. The molecule has 120 valence electrons. The SMILES string of the molecule is CCC(C)=CCCC(C)O.Cc1ccc(S(=O)(=O)O)cc1. The molecule has 0 bridgehead atoms. The predicted molar refractivity (Wildman–Crippen MR) is 86.0 cm³/mol. The number of rotatable bonds is 5. The van der Waals surface area contributed by atoms with Crippen molar-refractivity contribution in [3.8, 4) is 0 Å². The first-order valence-corrected chi connectivity index (χ1v) is 8.48. The van der Waals surface area contributed by atoms with Crippen LogP contribution < -0.4 is 0 Å². The molecule has 0 saturated carbocycles. The smallest absolute Gasteiger partial charge is 0.294 e. The van der Waals surface area contributed by atoms with Crippen LogP contribution in [0.4, 0.5) is 0 Å². The Morgan fingerprint density at radius 3 is 2.19 bits per heavy atom. The van der Waals surface area contributed by atoms with Crippen LogP contribution in [0.5, 0.6) is 0 Å². The minimum Gasteiger partial charge on any atom is -0.393 e. The predicted octanol–water partition coefficient (Wildman–Crippen LogP) is 3.75. The summed E-state index contributed by atoms with van der Waals surface area (Å²) in [7, 11) is -4.02. The molecule has 21 heavy (non-hydrogen) atoms. The summed E-state index contributed by atoms with van der Waals surface area (Å²) >= 11 is 0. The normalized spacial score (nSPS) is 13.3. The Hall–Kier alpha value is -1.17. The van der Waals surface area contributed by atoms with Crippen molar-refractivity contribution < 1.29 is 18.1 Å². The highest BCUT2D eigenvalue weighted by atomic mass is 32.2. The van der Waals surface area contributed by atoms with Gasteiger partial charge < -0.3 is 5.11 Å². The van der Waals surface area contributed by atoms with E-state index in [-0.39, 0.29) is 11.0 Å². The van der Waals surface area contributed by atoms with Gasteiger partial charge in [-0.2, -0.15) is 8.42 Å². The molecule has 2 N–H and O–H groups in total. The van der Waals surface area contributed by atoms with Crippen LogP contribution in [0.25, 0.3) is 0 Å². The van der Waals surface area contributed by atoms with Crippen LogP contribution >= 0.6 is 0 Å². The first-order valence-electron chi connectivity index (χ1n) is 7.04. The van der Waals surface area contributed by atoms with E-state index in [0.29, 0.717) is 0 Å². The molecule has 1 rings (SSSR count). The van der Waals surface area contributed by atoms with Gasteiger partial charge in [0.25, 0.3) is 10.1 Å². The number of aliphatic hydroxyl groups excluding tert-OH is 1. The maximum Gasteiger partial charge on any atom is 0.294 e. The number of allylic oxidation sites excluding steroid dienone is 2. The molecule has 0 aliphatic heterocycles. The Kier molecular flexibility index (Phi) is 9.17. The molecule has 1 aromatic carbocycles. The monoisotopic (exact) mass is 314 g/mol. The summed E-state index contributed by atoms with van der Waals surface area (Å²) in [6.07, 6.45) is 5.07. The van der Waals surface area contributed by atoms with Crippen molar-refractivity contribution in [2.45, 2.75) is 58.0 Å². The summed E-state index contributed by atoms with van der Waals surface area (Å²) in [4.78, 5) is -0.0666. The minimum absolute atomic E-state index is 0.0666. The Morgan fingerprint density at radius 1 is 1.29 bits per heavy atom. The topological polar surface area (TPSA) is 74.6 Å². The molecular formula is C16H26O4S. The average molecular weight is 314 g/mol. The molecule has 4 nitrogen and oxygen atoms in total. The van der Waals surface area contributed by atoms with Crippen molar-refractivity contribution in [2.75, 3.05) is 0 Å². The molecule has 0 saturated heterocycles. The largest absolute Gasteiger partial charge is 0.393 e. The molecule has 0 amide bonds. The summed E-state index contributed by atoms with van der Waals surface area (Å²) in [5.74, 6) is 0. The standard InChI is InChI=1S/C9H18O.C7H8O3S/c1-4-8(2)6-5-7-9(3)10;1-6-2-4-7(5-3-6)11(8,9)10/h6,9-10H,4-5,7H2,1-3H3;2-5H,1H3,(H,8,9,10). The van der Waals surface area contributed by atoms with Gasteiger partial charge in [-0.3, -0.25) is 4.55 Å². The van der Waals surface area contributed by atoms with Gasteiger partial charge in [0.2, 0.25) is 0 Å². The molecular weight excluding hydrogens is 288 g/mol. The third-order valence-electron chi connectivity index (χ3n) is 2.95. The molecule has 5 heteroatoms. The van der Waals surface area contributed by atoms with Gasteiger partial charge in [0.1, 0.15) is 0 Å². The van der Waals surface area contributed by atoms with Crippen molar-refractivity contribution in [1.82, 2.24) is 0 Å². The van der Waals surface area contributed by atoms with Crippen LogP contribution in [0, 0.1) is 6.92 Å². The van der Waals surface area contributed by atoms with Gasteiger partial charge in [-0.25, -0.2) is 0 Å². The van der Waals surface area contributed by atoms with Crippen LogP contribution in [-0.2, 0) is 10.1 Å². The molecule has 0 aliphatic rings. The zero-order valence-corrected chi connectivity index (χ0v) is 14.0. The maximum atomic E-state index is 10.5. The van der Waals surface area contributed by atoms with E-state index in [1.807, 2.05) is 13.8 Å². The molecule has 0 spiro atoms. The van der Waals surface area contributed by atoms with E-state index in [1.54, 1.807) is 12.1 Å². The van der Waals surface area contributed by atoms with Gasteiger partial charge in [0.15, 0.2) is 0 Å². The van der Waals surface area contributed by atoms with Crippen LogP contribution in [0.1, 0.15) is 45.6 Å². The Balaban J connectivity index is 0.000000384. The first kappa shape index (κ1) is 19.8. The first-order chi connectivity index (χ1) is 9.66. The average Bonchev–Trinajstić information content (AvgIpc) is 2.38. The maximum absolute atomic E-state index is 10.5. The summed E-state index contributed by atoms with van der Waals surface area (Å²) in [5, 5.41) is 8.91. The lowest BCUT2D eigenvalue weighted by Gasteiger charge is -2.00. The van der Waals surface area contributed by atoms with E-state index >= 15 is 0 Å². The van der Waals surface area contributed by atoms with Gasteiger partial charge in [-0.15, -0.1) is 0 Å². The second kappa shape index (κ2) is 9.71. The van der Waals surface area contributed by atoms with E-state index in [9.17, 15) is 8.42 Å². The van der Waals surface area contributed by atoms with Crippen molar-refractivity contribution >= 4 is 10.1 Å². The van der Waals surface area contributed by atoms with Gasteiger partial charge in [0, 0.05) is 0 Å². The minimum atomic E-state index is -4.02. The second-order valence-corrected chi connectivity index (χ2v) is 6.54.